The molecule has 5 nitrogen and oxygen atoms in total. The summed E-state index contributed by atoms with van der Waals surface area (Å²) in [4.78, 5) is 22.7. The quantitative estimate of drug-likeness (QED) is 0.782. The third kappa shape index (κ3) is 3.81. The fraction of sp³-hybridized carbons (Fsp3) is 0.333. The van der Waals surface area contributed by atoms with Gasteiger partial charge in [-0.25, -0.2) is 9.18 Å². The normalized spacial score (nSPS) is 14.5. The molecule has 1 aliphatic heterocycles. The third-order valence-electron chi connectivity index (χ3n) is 3.07. The Kier molecular flexibility index (Phi) is 3.97. The summed E-state index contributed by atoms with van der Waals surface area (Å²) in [7, 11) is 0. The van der Waals surface area contributed by atoms with E-state index in [1.54, 1.807) is 12.1 Å². The second-order valence-electron chi connectivity index (χ2n) is 5.91. The molecule has 0 bridgehead atoms. The second-order valence-corrected chi connectivity index (χ2v) is 5.91. The van der Waals surface area contributed by atoms with Gasteiger partial charge in [-0.05, 0) is 23.1 Å². The molecule has 1 heterocycles. The summed E-state index contributed by atoms with van der Waals surface area (Å²) in [5, 5.41) is 7.60. The van der Waals surface area contributed by atoms with E-state index in [4.69, 9.17) is 0 Å². The van der Waals surface area contributed by atoms with Gasteiger partial charge in [-0.15, -0.1) is 0 Å². The van der Waals surface area contributed by atoms with E-state index in [9.17, 15) is 14.0 Å². The molecule has 0 saturated heterocycles. The highest BCUT2D eigenvalue weighted by Gasteiger charge is 2.19. The van der Waals surface area contributed by atoms with E-state index < -0.39 is 6.03 Å². The molecule has 0 aromatic heterocycles. The molecule has 3 N–H and O–H groups in total. The highest BCUT2D eigenvalue weighted by Crippen LogP contribution is 2.26. The lowest BCUT2D eigenvalue weighted by molar-refractivity contribution is -0.115. The molecule has 0 unspecified atom stereocenters. The van der Waals surface area contributed by atoms with Crippen LogP contribution in [0.15, 0.2) is 30.0 Å². The number of benzene rings is 1. The van der Waals surface area contributed by atoms with E-state index in [0.717, 1.165) is 0 Å². The van der Waals surface area contributed by atoms with Crippen LogP contribution in [0.4, 0.5) is 14.9 Å². The van der Waals surface area contributed by atoms with E-state index in [-0.39, 0.29) is 23.7 Å². The summed E-state index contributed by atoms with van der Waals surface area (Å²) >= 11 is 0. The Morgan fingerprint density at radius 1 is 1.29 bits per heavy atom. The van der Waals surface area contributed by atoms with Crippen molar-refractivity contribution in [2.45, 2.75) is 26.2 Å². The largest absolute Gasteiger partial charge is 0.347 e. The second kappa shape index (κ2) is 5.55. The monoisotopic (exact) mass is 291 g/mol. The van der Waals surface area contributed by atoms with Crippen LogP contribution >= 0.6 is 0 Å². The van der Waals surface area contributed by atoms with Crippen LogP contribution in [0, 0.1) is 5.82 Å². The van der Waals surface area contributed by atoms with Crippen molar-refractivity contribution >= 4 is 17.6 Å². The highest BCUT2D eigenvalue weighted by molar-refractivity contribution is 5.95. The molecule has 1 aromatic carbocycles. The Bertz CT molecular complexity index is 618. The number of carbonyl (C=O) groups is 2. The average molecular weight is 291 g/mol. The summed E-state index contributed by atoms with van der Waals surface area (Å²) < 4.78 is 14.0. The maximum atomic E-state index is 14.0. The zero-order valence-corrected chi connectivity index (χ0v) is 12.2. The number of carbonyl (C=O) groups excluding carboxylic acids is 2. The van der Waals surface area contributed by atoms with Crippen molar-refractivity contribution in [2.24, 2.45) is 0 Å². The van der Waals surface area contributed by atoms with E-state index in [1.165, 1.54) is 12.1 Å². The van der Waals surface area contributed by atoms with Gasteiger partial charge in [0, 0.05) is 17.5 Å². The lowest BCUT2D eigenvalue weighted by Gasteiger charge is -2.20. The molecule has 1 aromatic rings. The number of amides is 3. The molecule has 6 heteroatoms. The van der Waals surface area contributed by atoms with Crippen LogP contribution in [-0.2, 0) is 10.2 Å². The minimum Gasteiger partial charge on any atom is -0.347 e. The van der Waals surface area contributed by atoms with Crippen molar-refractivity contribution in [3.63, 3.8) is 0 Å². The van der Waals surface area contributed by atoms with Gasteiger partial charge in [0.25, 0.3) is 0 Å². The molecule has 0 atom stereocenters. The van der Waals surface area contributed by atoms with Crippen molar-refractivity contribution < 1.29 is 14.0 Å². The lowest BCUT2D eigenvalue weighted by Crippen LogP contribution is -2.30. The fourth-order valence-electron chi connectivity index (χ4n) is 2.03. The Labute approximate surface area is 122 Å². The Morgan fingerprint density at radius 2 is 2.00 bits per heavy atom. The van der Waals surface area contributed by atoms with E-state index in [2.05, 4.69) is 16.0 Å². The molecule has 0 radical (unpaired) electrons. The molecule has 112 valence electrons. The topological polar surface area (TPSA) is 70.2 Å². The van der Waals surface area contributed by atoms with Gasteiger partial charge in [0.1, 0.15) is 5.82 Å². The van der Waals surface area contributed by atoms with E-state index in [0.29, 0.717) is 16.9 Å². The molecule has 0 saturated carbocycles. The van der Waals surface area contributed by atoms with Gasteiger partial charge in [0.15, 0.2) is 0 Å². The molecule has 0 aliphatic carbocycles. The van der Waals surface area contributed by atoms with Gasteiger partial charge in [0.2, 0.25) is 5.91 Å². The van der Waals surface area contributed by atoms with Gasteiger partial charge in [-0.2, -0.15) is 0 Å². The van der Waals surface area contributed by atoms with Crippen LogP contribution in [0.25, 0.3) is 0 Å². The number of nitrogens with one attached hydrogen (secondary N) is 3. The molecular formula is C15H18FN3O2. The molecular weight excluding hydrogens is 273 g/mol. The van der Waals surface area contributed by atoms with Crippen LogP contribution in [0.2, 0.25) is 0 Å². The number of rotatable bonds is 2. The average Bonchev–Trinajstić information content (AvgIpc) is 2.72. The molecule has 2 rings (SSSR count). The Morgan fingerprint density at radius 3 is 2.52 bits per heavy atom. The first kappa shape index (κ1) is 15.0. The predicted molar refractivity (Wildman–Crippen MR) is 78.3 cm³/mol. The standard InChI is InChI=1S/C15H18FN3O2/c1-15(2,3)11-5-4-9(6-12(11)16)18-14(21)19-10-7-13(20)17-8-10/h4-7H,8H2,1-3H3,(H,17,20)(H2,18,19,21). The summed E-state index contributed by atoms with van der Waals surface area (Å²) in [6.07, 6.45) is 1.31. The van der Waals surface area contributed by atoms with E-state index >= 15 is 0 Å². The Balaban J connectivity index is 2.03. The van der Waals surface area contributed by atoms with Crippen LogP contribution in [0.1, 0.15) is 26.3 Å². The number of hydrogen-bond acceptors (Lipinski definition) is 2. The minimum absolute atomic E-state index is 0.245. The number of halogens is 1. The van der Waals surface area contributed by atoms with Gasteiger partial charge in [0.05, 0.1) is 6.54 Å². The third-order valence-corrected chi connectivity index (χ3v) is 3.07. The number of urea groups is 1. The molecule has 21 heavy (non-hydrogen) atoms. The summed E-state index contributed by atoms with van der Waals surface area (Å²) in [5.41, 5.74) is 1.12. The van der Waals surface area contributed by atoms with E-state index in [1.807, 2.05) is 20.8 Å². The van der Waals surface area contributed by atoms with Crippen LogP contribution < -0.4 is 16.0 Å². The number of anilines is 1. The SMILES string of the molecule is CC(C)(C)c1ccc(NC(=O)NC2=CC(=O)NC2)cc1F. The summed E-state index contributed by atoms with van der Waals surface area (Å²) in [6, 6.07) is 4.08. The zero-order valence-electron chi connectivity index (χ0n) is 12.2. The maximum absolute atomic E-state index is 14.0. The van der Waals surface area contributed by atoms with Crippen molar-refractivity contribution in [1.29, 1.82) is 0 Å². The maximum Gasteiger partial charge on any atom is 0.323 e. The van der Waals surface area contributed by atoms with Crippen molar-refractivity contribution in [3.05, 3.63) is 41.4 Å². The van der Waals surface area contributed by atoms with Crippen LogP contribution in [0.3, 0.4) is 0 Å². The fourth-order valence-corrected chi connectivity index (χ4v) is 2.03. The molecule has 1 aliphatic rings. The molecule has 3 amide bonds. The predicted octanol–water partition coefficient (Wildman–Crippen LogP) is 2.26. The van der Waals surface area contributed by atoms with Crippen LogP contribution in [-0.4, -0.2) is 18.5 Å². The minimum atomic E-state index is -0.513. The first-order valence-corrected chi connectivity index (χ1v) is 6.62. The summed E-state index contributed by atoms with van der Waals surface area (Å²) in [5.74, 6) is -0.608. The lowest BCUT2D eigenvalue weighted by atomic mass is 9.86. The van der Waals surface area contributed by atoms with Crippen molar-refractivity contribution in [3.8, 4) is 0 Å². The van der Waals surface area contributed by atoms with Gasteiger partial charge in [-0.3, -0.25) is 4.79 Å². The number of hydrogen-bond donors (Lipinski definition) is 3. The van der Waals surface area contributed by atoms with Crippen LogP contribution in [0.5, 0.6) is 0 Å². The first-order valence-electron chi connectivity index (χ1n) is 6.62. The van der Waals surface area contributed by atoms with Gasteiger partial charge >= 0.3 is 6.03 Å². The van der Waals surface area contributed by atoms with Crippen molar-refractivity contribution in [1.82, 2.24) is 10.6 Å². The van der Waals surface area contributed by atoms with Gasteiger partial charge in [-0.1, -0.05) is 26.8 Å². The van der Waals surface area contributed by atoms with Gasteiger partial charge < -0.3 is 16.0 Å². The molecule has 0 fully saturated rings. The Hall–Kier alpha value is -2.37. The smallest absolute Gasteiger partial charge is 0.323 e. The molecule has 0 spiro atoms. The zero-order chi connectivity index (χ0) is 15.6. The first-order chi connectivity index (χ1) is 9.75. The van der Waals surface area contributed by atoms with Crippen molar-refractivity contribution in [2.75, 3.05) is 11.9 Å². The summed E-state index contributed by atoms with van der Waals surface area (Å²) in [6.45, 7) is 6.04. The highest BCUT2D eigenvalue weighted by atomic mass is 19.1.